The second kappa shape index (κ2) is 11.6. The Hall–Kier alpha value is -2.06. The zero-order chi connectivity index (χ0) is 19.5. The second-order valence-corrected chi connectivity index (χ2v) is 7.06. The quantitative estimate of drug-likeness (QED) is 0.357. The molecule has 1 saturated heterocycles. The number of primary amides is 1. The standard InChI is InChI=1S/C19H31N5O2S/c1-2-21-19(27)22-24(18(20)25)12-7-13-26-17-9-6-8-16(14-17)15-23-10-4-3-5-11-23/h6,8-9,14H,2-5,7,10-13,15H2,1H3,(H2,20,25)(H2,21,22,27). The summed E-state index contributed by atoms with van der Waals surface area (Å²) < 4.78 is 5.84. The number of nitrogens with one attached hydrogen (secondary N) is 2. The van der Waals surface area contributed by atoms with Gasteiger partial charge in [0, 0.05) is 26.1 Å². The SMILES string of the molecule is CCNC(=S)NN(CCCOc1cccc(CN2CCCCC2)c1)C(N)=O. The minimum absolute atomic E-state index is 0.377. The highest BCUT2D eigenvalue weighted by Gasteiger charge is 2.12. The Labute approximate surface area is 167 Å². The fraction of sp³-hybridized carbons (Fsp3) is 0.579. The number of benzene rings is 1. The molecule has 8 heteroatoms. The van der Waals surface area contributed by atoms with Crippen LogP contribution in [0.15, 0.2) is 24.3 Å². The van der Waals surface area contributed by atoms with Crippen LogP contribution < -0.4 is 21.2 Å². The first kappa shape index (κ1) is 21.2. The number of hydrazine groups is 1. The molecule has 1 aromatic rings. The van der Waals surface area contributed by atoms with E-state index in [0.717, 1.165) is 12.3 Å². The number of amides is 2. The molecule has 0 aromatic heterocycles. The van der Waals surface area contributed by atoms with Crippen LogP contribution in [0.3, 0.4) is 0 Å². The molecular weight excluding hydrogens is 362 g/mol. The molecule has 1 heterocycles. The number of nitrogens with two attached hydrogens (primary N) is 1. The lowest BCUT2D eigenvalue weighted by Gasteiger charge is -2.26. The van der Waals surface area contributed by atoms with Gasteiger partial charge in [-0.2, -0.15) is 0 Å². The maximum Gasteiger partial charge on any atom is 0.333 e. The van der Waals surface area contributed by atoms with Crippen LogP contribution in [0.1, 0.15) is 38.2 Å². The number of hydrogen-bond donors (Lipinski definition) is 3. The van der Waals surface area contributed by atoms with Gasteiger partial charge >= 0.3 is 6.03 Å². The average Bonchev–Trinajstić information content (AvgIpc) is 2.65. The van der Waals surface area contributed by atoms with Crippen molar-refractivity contribution in [1.29, 1.82) is 0 Å². The van der Waals surface area contributed by atoms with Crippen molar-refractivity contribution in [2.45, 2.75) is 39.2 Å². The summed E-state index contributed by atoms with van der Waals surface area (Å²) in [5, 5.41) is 4.59. The van der Waals surface area contributed by atoms with Crippen molar-refractivity contribution in [3.63, 3.8) is 0 Å². The van der Waals surface area contributed by atoms with Crippen molar-refractivity contribution in [2.24, 2.45) is 5.73 Å². The number of carbonyl (C=O) groups excluding carboxylic acids is 1. The monoisotopic (exact) mass is 393 g/mol. The maximum atomic E-state index is 11.5. The smallest absolute Gasteiger partial charge is 0.333 e. The second-order valence-electron chi connectivity index (χ2n) is 6.65. The summed E-state index contributed by atoms with van der Waals surface area (Å²) in [6.45, 7) is 6.83. The molecule has 0 bridgehead atoms. The maximum absolute atomic E-state index is 11.5. The van der Waals surface area contributed by atoms with Crippen LogP contribution in [-0.4, -0.2) is 53.8 Å². The first-order valence-corrected chi connectivity index (χ1v) is 10.0. The lowest BCUT2D eigenvalue weighted by Crippen LogP contribution is -2.52. The van der Waals surface area contributed by atoms with Crippen molar-refractivity contribution in [3.05, 3.63) is 29.8 Å². The summed E-state index contributed by atoms with van der Waals surface area (Å²) >= 11 is 5.08. The summed E-state index contributed by atoms with van der Waals surface area (Å²) in [5.74, 6) is 0.853. The predicted octanol–water partition coefficient (Wildman–Crippen LogP) is 2.22. The molecule has 150 valence electrons. The van der Waals surface area contributed by atoms with Gasteiger partial charge in [-0.05, 0) is 62.8 Å². The third kappa shape index (κ3) is 8.01. The Balaban J connectivity index is 1.74. The van der Waals surface area contributed by atoms with E-state index in [-0.39, 0.29) is 0 Å². The number of hydrogen-bond acceptors (Lipinski definition) is 4. The zero-order valence-corrected chi connectivity index (χ0v) is 16.9. The van der Waals surface area contributed by atoms with E-state index in [1.54, 1.807) is 0 Å². The summed E-state index contributed by atoms with van der Waals surface area (Å²) in [6, 6.07) is 7.66. The Bertz CT molecular complexity index is 608. The molecular formula is C19H31N5O2S. The molecule has 2 rings (SSSR count). The van der Waals surface area contributed by atoms with E-state index >= 15 is 0 Å². The van der Waals surface area contributed by atoms with Gasteiger partial charge in [0.05, 0.1) is 6.61 Å². The topological polar surface area (TPSA) is 82.9 Å². The molecule has 1 aliphatic heterocycles. The molecule has 1 fully saturated rings. The molecule has 0 radical (unpaired) electrons. The molecule has 0 unspecified atom stereocenters. The van der Waals surface area contributed by atoms with Crippen LogP contribution in [0.2, 0.25) is 0 Å². The van der Waals surface area contributed by atoms with Gasteiger partial charge in [0.15, 0.2) is 5.11 Å². The van der Waals surface area contributed by atoms with E-state index in [1.165, 1.54) is 42.9 Å². The van der Waals surface area contributed by atoms with Gasteiger partial charge in [0.2, 0.25) is 0 Å². The first-order chi connectivity index (χ1) is 13.1. The van der Waals surface area contributed by atoms with Crippen molar-refractivity contribution >= 4 is 23.4 Å². The zero-order valence-electron chi connectivity index (χ0n) is 16.1. The first-order valence-electron chi connectivity index (χ1n) is 9.64. The highest BCUT2D eigenvalue weighted by atomic mass is 32.1. The van der Waals surface area contributed by atoms with E-state index in [9.17, 15) is 4.79 Å². The number of rotatable bonds is 8. The Kier molecular flexibility index (Phi) is 9.13. The summed E-state index contributed by atoms with van der Waals surface area (Å²) in [4.78, 5) is 14.0. The number of piperidine rings is 1. The normalized spacial score (nSPS) is 14.4. The van der Waals surface area contributed by atoms with Crippen LogP contribution in [0.5, 0.6) is 5.75 Å². The van der Waals surface area contributed by atoms with Crippen molar-refractivity contribution in [3.8, 4) is 5.75 Å². The van der Waals surface area contributed by atoms with E-state index in [4.69, 9.17) is 22.7 Å². The van der Waals surface area contributed by atoms with Gasteiger partial charge in [-0.1, -0.05) is 18.6 Å². The molecule has 0 atom stereocenters. The van der Waals surface area contributed by atoms with E-state index < -0.39 is 6.03 Å². The number of nitrogens with zero attached hydrogens (tertiary/aromatic N) is 2. The van der Waals surface area contributed by atoms with Gasteiger partial charge < -0.3 is 15.8 Å². The highest BCUT2D eigenvalue weighted by Crippen LogP contribution is 2.17. The van der Waals surface area contributed by atoms with Crippen LogP contribution in [-0.2, 0) is 6.54 Å². The largest absolute Gasteiger partial charge is 0.494 e. The minimum atomic E-state index is -0.571. The Morgan fingerprint density at radius 2 is 2.11 bits per heavy atom. The lowest BCUT2D eigenvalue weighted by atomic mass is 10.1. The van der Waals surface area contributed by atoms with Crippen molar-refractivity contribution in [1.82, 2.24) is 20.7 Å². The van der Waals surface area contributed by atoms with Crippen LogP contribution in [0.4, 0.5) is 4.79 Å². The fourth-order valence-corrected chi connectivity index (χ4v) is 3.32. The summed E-state index contributed by atoms with van der Waals surface area (Å²) in [6.07, 6.45) is 4.56. The lowest BCUT2D eigenvalue weighted by molar-refractivity contribution is 0.188. The van der Waals surface area contributed by atoms with Crippen LogP contribution in [0, 0.1) is 0 Å². The molecule has 0 aliphatic carbocycles. The molecule has 7 nitrogen and oxygen atoms in total. The molecule has 27 heavy (non-hydrogen) atoms. The van der Waals surface area contributed by atoms with Crippen LogP contribution >= 0.6 is 12.2 Å². The van der Waals surface area contributed by atoms with Crippen molar-refractivity contribution < 1.29 is 9.53 Å². The van der Waals surface area contributed by atoms with Gasteiger partial charge in [-0.25, -0.2) is 9.80 Å². The predicted molar refractivity (Wildman–Crippen MR) is 111 cm³/mol. The van der Waals surface area contributed by atoms with Gasteiger partial charge in [0.25, 0.3) is 0 Å². The Morgan fingerprint density at radius 3 is 2.81 bits per heavy atom. The number of urea groups is 1. The summed E-state index contributed by atoms with van der Waals surface area (Å²) in [5.41, 5.74) is 9.43. The van der Waals surface area contributed by atoms with Crippen molar-refractivity contribution in [2.75, 3.05) is 32.8 Å². The number of thiocarbonyl (C=S) groups is 1. The molecule has 0 saturated carbocycles. The molecule has 0 spiro atoms. The van der Waals surface area contributed by atoms with Gasteiger partial charge in [-0.3, -0.25) is 10.3 Å². The third-order valence-corrected chi connectivity index (χ3v) is 4.62. The summed E-state index contributed by atoms with van der Waals surface area (Å²) in [7, 11) is 0. The molecule has 1 aliphatic rings. The molecule has 4 N–H and O–H groups in total. The average molecular weight is 394 g/mol. The van der Waals surface area contributed by atoms with Crippen LogP contribution in [0.25, 0.3) is 0 Å². The minimum Gasteiger partial charge on any atom is -0.494 e. The molecule has 1 aromatic carbocycles. The van der Waals surface area contributed by atoms with E-state index in [0.29, 0.717) is 31.2 Å². The molecule has 2 amide bonds. The third-order valence-electron chi connectivity index (χ3n) is 4.39. The Morgan fingerprint density at radius 1 is 1.33 bits per heavy atom. The highest BCUT2D eigenvalue weighted by molar-refractivity contribution is 7.80. The van der Waals surface area contributed by atoms with E-state index in [2.05, 4.69) is 27.8 Å². The van der Waals surface area contributed by atoms with Gasteiger partial charge in [0.1, 0.15) is 5.75 Å². The number of ether oxygens (including phenoxy) is 1. The van der Waals surface area contributed by atoms with Gasteiger partial charge in [-0.15, -0.1) is 0 Å². The fourth-order valence-electron chi connectivity index (χ4n) is 3.07. The number of carbonyl (C=O) groups is 1. The van der Waals surface area contributed by atoms with E-state index in [1.807, 2.05) is 19.1 Å². The number of likely N-dealkylation sites (tertiary alicyclic amines) is 1.